The number of hydrogen-bond acceptors (Lipinski definition) is 1. The molecule has 0 aliphatic heterocycles. The van der Waals surface area contributed by atoms with Crippen molar-refractivity contribution in [3.05, 3.63) is 35.4 Å². The predicted octanol–water partition coefficient (Wildman–Crippen LogP) is 2.39. The fourth-order valence-corrected chi connectivity index (χ4v) is 1.54. The molecule has 1 fully saturated rings. The molecule has 0 heterocycles. The molecule has 0 unspecified atom stereocenters. The molecule has 2 rings (SSSR count). The van der Waals surface area contributed by atoms with Gasteiger partial charge in [-0.15, -0.1) is 0 Å². The summed E-state index contributed by atoms with van der Waals surface area (Å²) in [5.41, 5.74) is 6.20. The molecule has 1 aliphatic carbocycles. The second-order valence-electron chi connectivity index (χ2n) is 4.08. The van der Waals surface area contributed by atoms with Gasteiger partial charge in [0.1, 0.15) is 0 Å². The van der Waals surface area contributed by atoms with Crippen molar-refractivity contribution in [1.29, 1.82) is 0 Å². The molecule has 1 aliphatic rings. The summed E-state index contributed by atoms with van der Waals surface area (Å²) < 4.78 is 26.0. The molecule has 0 aromatic heterocycles. The first-order valence-corrected chi connectivity index (χ1v) is 4.82. The summed E-state index contributed by atoms with van der Waals surface area (Å²) in [6, 6.07) is 4.28. The van der Waals surface area contributed by atoms with E-state index in [4.69, 9.17) is 5.73 Å². The van der Waals surface area contributed by atoms with Gasteiger partial charge >= 0.3 is 0 Å². The van der Waals surface area contributed by atoms with Crippen LogP contribution in [0.1, 0.15) is 24.8 Å². The van der Waals surface area contributed by atoms with Crippen LogP contribution in [0.4, 0.5) is 8.78 Å². The Balaban J connectivity index is 2.05. The van der Waals surface area contributed by atoms with E-state index in [0.717, 1.165) is 25.3 Å². The van der Waals surface area contributed by atoms with Crippen LogP contribution in [0.2, 0.25) is 0 Å². The molecule has 0 bridgehead atoms. The summed E-state index contributed by atoms with van der Waals surface area (Å²) in [4.78, 5) is 0. The van der Waals surface area contributed by atoms with Crippen LogP contribution in [0.25, 0.3) is 0 Å². The zero-order valence-electron chi connectivity index (χ0n) is 7.89. The van der Waals surface area contributed by atoms with Gasteiger partial charge in [-0.1, -0.05) is 12.1 Å². The van der Waals surface area contributed by atoms with Crippen LogP contribution in [-0.4, -0.2) is 5.54 Å². The van der Waals surface area contributed by atoms with Gasteiger partial charge in [0.05, 0.1) is 0 Å². The van der Waals surface area contributed by atoms with Gasteiger partial charge in [0.15, 0.2) is 11.6 Å². The third-order valence-corrected chi connectivity index (χ3v) is 2.82. The first-order chi connectivity index (χ1) is 6.61. The van der Waals surface area contributed by atoms with Crippen molar-refractivity contribution >= 4 is 0 Å². The van der Waals surface area contributed by atoms with Crippen molar-refractivity contribution in [3.8, 4) is 0 Å². The lowest BCUT2D eigenvalue weighted by atomic mass is 10.0. The highest BCUT2D eigenvalue weighted by Gasteiger charge is 2.37. The van der Waals surface area contributed by atoms with Gasteiger partial charge in [-0.05, 0) is 37.3 Å². The highest BCUT2D eigenvalue weighted by molar-refractivity contribution is 5.20. The van der Waals surface area contributed by atoms with Crippen LogP contribution in [0.5, 0.6) is 0 Å². The fourth-order valence-electron chi connectivity index (χ4n) is 1.54. The lowest BCUT2D eigenvalue weighted by Crippen LogP contribution is -2.22. The van der Waals surface area contributed by atoms with Gasteiger partial charge in [0.2, 0.25) is 0 Å². The summed E-state index contributed by atoms with van der Waals surface area (Å²) in [6.45, 7) is 0. The van der Waals surface area contributed by atoms with E-state index in [-0.39, 0.29) is 5.54 Å². The summed E-state index contributed by atoms with van der Waals surface area (Å²) in [5, 5.41) is 0. The molecule has 1 aromatic carbocycles. The van der Waals surface area contributed by atoms with Gasteiger partial charge < -0.3 is 5.73 Å². The number of halogens is 2. The standard InChI is InChI=1S/C11H13F2N/c12-9-3-1-2-8(10(9)13)4-5-11(14)6-7-11/h1-3H,4-7,14H2. The van der Waals surface area contributed by atoms with E-state index in [2.05, 4.69) is 0 Å². The second-order valence-corrected chi connectivity index (χ2v) is 4.08. The van der Waals surface area contributed by atoms with Crippen LogP contribution in [-0.2, 0) is 6.42 Å². The molecule has 0 spiro atoms. The van der Waals surface area contributed by atoms with E-state index in [0.29, 0.717) is 12.0 Å². The minimum absolute atomic E-state index is 0.0985. The molecule has 0 amide bonds. The Kier molecular flexibility index (Phi) is 2.27. The molecular formula is C11H13F2N. The molecule has 1 nitrogen and oxygen atoms in total. The SMILES string of the molecule is NC1(CCc2cccc(F)c2F)CC1. The minimum atomic E-state index is -0.774. The number of rotatable bonds is 3. The van der Waals surface area contributed by atoms with Gasteiger partial charge in [-0.25, -0.2) is 8.78 Å². The van der Waals surface area contributed by atoms with E-state index >= 15 is 0 Å². The summed E-state index contributed by atoms with van der Waals surface area (Å²) in [5.74, 6) is -1.50. The number of hydrogen-bond donors (Lipinski definition) is 1. The fraction of sp³-hybridized carbons (Fsp3) is 0.455. The van der Waals surface area contributed by atoms with Gasteiger partial charge in [0, 0.05) is 5.54 Å². The Hall–Kier alpha value is -0.960. The normalized spacial score (nSPS) is 18.2. The maximum absolute atomic E-state index is 13.2. The number of nitrogens with two attached hydrogens (primary N) is 1. The second kappa shape index (κ2) is 3.31. The Morgan fingerprint density at radius 1 is 1.29 bits per heavy atom. The molecule has 2 N–H and O–H groups in total. The van der Waals surface area contributed by atoms with E-state index < -0.39 is 11.6 Å². The zero-order valence-corrected chi connectivity index (χ0v) is 7.89. The van der Waals surface area contributed by atoms with Crippen molar-refractivity contribution in [2.45, 2.75) is 31.2 Å². The molecular weight excluding hydrogens is 184 g/mol. The Bertz CT molecular complexity index is 345. The smallest absolute Gasteiger partial charge is 0.162 e. The number of aryl methyl sites for hydroxylation is 1. The third kappa shape index (κ3) is 1.93. The first-order valence-electron chi connectivity index (χ1n) is 4.82. The maximum atomic E-state index is 13.2. The molecule has 14 heavy (non-hydrogen) atoms. The lowest BCUT2D eigenvalue weighted by molar-refractivity contribution is 0.492. The predicted molar refractivity (Wildman–Crippen MR) is 50.8 cm³/mol. The molecule has 1 saturated carbocycles. The van der Waals surface area contributed by atoms with Crippen LogP contribution >= 0.6 is 0 Å². The molecule has 1 aromatic rings. The van der Waals surface area contributed by atoms with Crippen molar-refractivity contribution < 1.29 is 8.78 Å². The molecule has 0 saturated heterocycles. The summed E-state index contributed by atoms with van der Waals surface area (Å²) in [7, 11) is 0. The van der Waals surface area contributed by atoms with E-state index in [1.54, 1.807) is 6.07 Å². The summed E-state index contributed by atoms with van der Waals surface area (Å²) in [6.07, 6.45) is 3.28. The average molecular weight is 197 g/mol. The van der Waals surface area contributed by atoms with Crippen LogP contribution in [0, 0.1) is 11.6 Å². The largest absolute Gasteiger partial charge is 0.325 e. The Labute approximate surface area is 81.9 Å². The molecule has 3 heteroatoms. The zero-order chi connectivity index (χ0) is 10.2. The summed E-state index contributed by atoms with van der Waals surface area (Å²) >= 11 is 0. The van der Waals surface area contributed by atoms with Crippen molar-refractivity contribution in [2.24, 2.45) is 5.73 Å². The molecule has 0 atom stereocenters. The van der Waals surface area contributed by atoms with Crippen molar-refractivity contribution in [1.82, 2.24) is 0 Å². The van der Waals surface area contributed by atoms with Crippen molar-refractivity contribution in [2.75, 3.05) is 0 Å². The van der Waals surface area contributed by atoms with Crippen LogP contribution < -0.4 is 5.73 Å². The van der Waals surface area contributed by atoms with Crippen molar-refractivity contribution in [3.63, 3.8) is 0 Å². The first kappa shape index (κ1) is 9.59. The lowest BCUT2D eigenvalue weighted by Gasteiger charge is -2.08. The van der Waals surface area contributed by atoms with Gasteiger partial charge in [-0.2, -0.15) is 0 Å². The monoisotopic (exact) mass is 197 g/mol. The number of benzene rings is 1. The highest BCUT2D eigenvalue weighted by atomic mass is 19.2. The van der Waals surface area contributed by atoms with Crippen LogP contribution in [0.15, 0.2) is 18.2 Å². The van der Waals surface area contributed by atoms with Crippen LogP contribution in [0.3, 0.4) is 0 Å². The molecule has 0 radical (unpaired) electrons. The quantitative estimate of drug-likeness (QED) is 0.791. The Morgan fingerprint density at radius 3 is 2.64 bits per heavy atom. The maximum Gasteiger partial charge on any atom is 0.162 e. The van der Waals surface area contributed by atoms with Gasteiger partial charge in [-0.3, -0.25) is 0 Å². The Morgan fingerprint density at radius 2 is 2.00 bits per heavy atom. The third-order valence-electron chi connectivity index (χ3n) is 2.82. The van der Waals surface area contributed by atoms with Gasteiger partial charge in [0.25, 0.3) is 0 Å². The average Bonchev–Trinajstić information content (AvgIpc) is 2.88. The van der Waals surface area contributed by atoms with E-state index in [1.807, 2.05) is 0 Å². The minimum Gasteiger partial charge on any atom is -0.325 e. The van der Waals surface area contributed by atoms with E-state index in [9.17, 15) is 8.78 Å². The topological polar surface area (TPSA) is 26.0 Å². The van der Waals surface area contributed by atoms with E-state index in [1.165, 1.54) is 6.07 Å². The molecule has 76 valence electrons. The highest BCUT2D eigenvalue weighted by Crippen LogP contribution is 2.36.